The summed E-state index contributed by atoms with van der Waals surface area (Å²) in [6.45, 7) is 9.36. The van der Waals surface area contributed by atoms with Crippen molar-refractivity contribution in [2.24, 2.45) is 5.92 Å². The van der Waals surface area contributed by atoms with Crippen LogP contribution in [-0.2, 0) is 4.79 Å². The van der Waals surface area contributed by atoms with Crippen molar-refractivity contribution >= 4 is 5.91 Å². The van der Waals surface area contributed by atoms with Crippen LogP contribution >= 0.6 is 0 Å². The molecular weight excluding hydrogens is 200 g/mol. The molecular formula is C13H26N2O. The van der Waals surface area contributed by atoms with Crippen molar-refractivity contribution in [3.05, 3.63) is 0 Å². The van der Waals surface area contributed by atoms with Gasteiger partial charge in [-0.15, -0.1) is 0 Å². The molecule has 1 rings (SSSR count). The molecule has 1 N–H and O–H groups in total. The van der Waals surface area contributed by atoms with Gasteiger partial charge in [0.1, 0.15) is 0 Å². The van der Waals surface area contributed by atoms with Crippen LogP contribution in [-0.4, -0.2) is 36.5 Å². The number of rotatable bonds is 5. The highest BCUT2D eigenvalue weighted by Gasteiger charge is 2.22. The minimum atomic E-state index is 0.0486. The third-order valence-corrected chi connectivity index (χ3v) is 3.34. The number of likely N-dealkylation sites (tertiary alicyclic amines) is 1. The van der Waals surface area contributed by atoms with Gasteiger partial charge in [-0.2, -0.15) is 0 Å². The number of nitrogens with zero attached hydrogens (tertiary/aromatic N) is 1. The maximum absolute atomic E-state index is 11.9. The van der Waals surface area contributed by atoms with Gasteiger partial charge in [0.05, 0.1) is 6.04 Å². The van der Waals surface area contributed by atoms with E-state index in [1.165, 1.54) is 19.3 Å². The number of nitrogens with one attached hydrogen (secondary N) is 1. The summed E-state index contributed by atoms with van der Waals surface area (Å²) in [5, 5.41) is 3.03. The van der Waals surface area contributed by atoms with Crippen LogP contribution in [0.5, 0.6) is 0 Å². The molecule has 1 fully saturated rings. The topological polar surface area (TPSA) is 32.3 Å². The number of hydrogen-bond acceptors (Lipinski definition) is 2. The highest BCUT2D eigenvalue weighted by Crippen LogP contribution is 2.12. The molecule has 1 heterocycles. The first-order chi connectivity index (χ1) is 7.61. The third kappa shape index (κ3) is 4.52. The molecule has 1 saturated heterocycles. The fourth-order valence-corrected chi connectivity index (χ4v) is 2.10. The van der Waals surface area contributed by atoms with Crippen molar-refractivity contribution in [1.82, 2.24) is 10.2 Å². The van der Waals surface area contributed by atoms with Gasteiger partial charge >= 0.3 is 0 Å². The van der Waals surface area contributed by atoms with Crippen LogP contribution in [0.15, 0.2) is 0 Å². The van der Waals surface area contributed by atoms with E-state index in [2.05, 4.69) is 24.1 Å². The second-order valence-electron chi connectivity index (χ2n) is 5.25. The largest absolute Gasteiger partial charge is 0.355 e. The Labute approximate surface area is 99.6 Å². The molecule has 0 saturated carbocycles. The summed E-state index contributed by atoms with van der Waals surface area (Å²) in [5.74, 6) is 0.855. The van der Waals surface area contributed by atoms with Gasteiger partial charge in [-0.25, -0.2) is 0 Å². The fourth-order valence-electron chi connectivity index (χ4n) is 2.10. The molecule has 0 aromatic rings. The lowest BCUT2D eigenvalue weighted by atomic mass is 10.1. The van der Waals surface area contributed by atoms with E-state index in [9.17, 15) is 4.79 Å². The molecule has 1 atom stereocenters. The first-order valence-electron chi connectivity index (χ1n) is 6.63. The Balaban J connectivity index is 2.23. The van der Waals surface area contributed by atoms with Gasteiger partial charge in [-0.3, -0.25) is 9.69 Å². The minimum absolute atomic E-state index is 0.0486. The maximum Gasteiger partial charge on any atom is 0.237 e. The molecule has 1 amide bonds. The van der Waals surface area contributed by atoms with E-state index in [0.29, 0.717) is 5.92 Å². The second-order valence-corrected chi connectivity index (χ2v) is 5.25. The van der Waals surface area contributed by atoms with E-state index in [1.807, 2.05) is 6.92 Å². The summed E-state index contributed by atoms with van der Waals surface area (Å²) in [7, 11) is 0. The Hall–Kier alpha value is -0.570. The SMILES string of the molecule is CC(C)CCNC(=O)C(C)N1CCCCC1. The number of hydrogen-bond donors (Lipinski definition) is 1. The molecule has 0 aromatic carbocycles. The van der Waals surface area contributed by atoms with Gasteiger partial charge in [-0.1, -0.05) is 20.3 Å². The summed E-state index contributed by atoms with van der Waals surface area (Å²) in [4.78, 5) is 14.2. The van der Waals surface area contributed by atoms with Gasteiger partial charge in [0, 0.05) is 6.54 Å². The van der Waals surface area contributed by atoms with Crippen molar-refractivity contribution < 1.29 is 4.79 Å². The Bertz CT molecular complexity index is 210. The van der Waals surface area contributed by atoms with Crippen molar-refractivity contribution in [3.63, 3.8) is 0 Å². The number of carbonyl (C=O) groups excluding carboxylic acids is 1. The molecule has 1 aliphatic heterocycles. The summed E-state index contributed by atoms with van der Waals surface area (Å²) in [5.41, 5.74) is 0. The van der Waals surface area contributed by atoms with Crippen LogP contribution in [0.4, 0.5) is 0 Å². The number of amides is 1. The molecule has 3 heteroatoms. The van der Waals surface area contributed by atoms with Crippen LogP contribution in [0.3, 0.4) is 0 Å². The lowest BCUT2D eigenvalue weighted by Crippen LogP contribution is -2.47. The predicted molar refractivity (Wildman–Crippen MR) is 67.4 cm³/mol. The predicted octanol–water partition coefficient (Wildman–Crippen LogP) is 2.02. The third-order valence-electron chi connectivity index (χ3n) is 3.34. The molecule has 0 bridgehead atoms. The molecule has 16 heavy (non-hydrogen) atoms. The summed E-state index contributed by atoms with van der Waals surface area (Å²) >= 11 is 0. The molecule has 0 spiro atoms. The first kappa shape index (κ1) is 13.5. The van der Waals surface area contributed by atoms with Gasteiger partial charge < -0.3 is 5.32 Å². The number of piperidine rings is 1. The van der Waals surface area contributed by atoms with Crippen molar-refractivity contribution in [2.45, 2.75) is 52.5 Å². The highest BCUT2D eigenvalue weighted by molar-refractivity contribution is 5.81. The van der Waals surface area contributed by atoms with E-state index in [-0.39, 0.29) is 11.9 Å². The minimum Gasteiger partial charge on any atom is -0.355 e. The van der Waals surface area contributed by atoms with Crippen molar-refractivity contribution in [3.8, 4) is 0 Å². The van der Waals surface area contributed by atoms with E-state index < -0.39 is 0 Å². The van der Waals surface area contributed by atoms with Gasteiger partial charge in [-0.05, 0) is 45.2 Å². The van der Waals surface area contributed by atoms with Crippen LogP contribution in [0.25, 0.3) is 0 Å². The quantitative estimate of drug-likeness (QED) is 0.778. The molecule has 0 aliphatic carbocycles. The van der Waals surface area contributed by atoms with Gasteiger partial charge in [0.15, 0.2) is 0 Å². The average Bonchev–Trinajstić information content (AvgIpc) is 2.28. The lowest BCUT2D eigenvalue weighted by molar-refractivity contribution is -0.126. The monoisotopic (exact) mass is 226 g/mol. The van der Waals surface area contributed by atoms with E-state index in [0.717, 1.165) is 26.1 Å². The molecule has 94 valence electrons. The lowest BCUT2D eigenvalue weighted by Gasteiger charge is -2.31. The van der Waals surface area contributed by atoms with Crippen molar-refractivity contribution in [1.29, 1.82) is 0 Å². The zero-order valence-electron chi connectivity index (χ0n) is 11.0. The van der Waals surface area contributed by atoms with Crippen LogP contribution in [0, 0.1) is 5.92 Å². The highest BCUT2D eigenvalue weighted by atomic mass is 16.2. The summed E-state index contributed by atoms with van der Waals surface area (Å²) in [6.07, 6.45) is 4.86. The molecule has 0 aromatic heterocycles. The summed E-state index contributed by atoms with van der Waals surface area (Å²) < 4.78 is 0. The maximum atomic E-state index is 11.9. The van der Waals surface area contributed by atoms with Gasteiger partial charge in [0.2, 0.25) is 5.91 Å². The molecule has 3 nitrogen and oxygen atoms in total. The Morgan fingerprint density at radius 1 is 1.19 bits per heavy atom. The van der Waals surface area contributed by atoms with E-state index in [4.69, 9.17) is 0 Å². The molecule has 1 unspecified atom stereocenters. The van der Waals surface area contributed by atoms with Crippen LogP contribution in [0.2, 0.25) is 0 Å². The van der Waals surface area contributed by atoms with Gasteiger partial charge in [0.25, 0.3) is 0 Å². The van der Waals surface area contributed by atoms with E-state index >= 15 is 0 Å². The van der Waals surface area contributed by atoms with Crippen molar-refractivity contribution in [2.75, 3.05) is 19.6 Å². The molecule has 0 radical (unpaired) electrons. The second kappa shape index (κ2) is 6.89. The standard InChI is InChI=1S/C13H26N2O/c1-11(2)7-8-14-13(16)12(3)15-9-5-4-6-10-15/h11-12H,4-10H2,1-3H3,(H,14,16). The smallest absolute Gasteiger partial charge is 0.237 e. The molecule has 1 aliphatic rings. The Morgan fingerprint density at radius 2 is 1.81 bits per heavy atom. The van der Waals surface area contributed by atoms with E-state index in [1.54, 1.807) is 0 Å². The van der Waals surface area contributed by atoms with Crippen LogP contribution in [0.1, 0.15) is 46.5 Å². The zero-order valence-corrected chi connectivity index (χ0v) is 11.0. The average molecular weight is 226 g/mol. The normalized spacial score (nSPS) is 19.8. The zero-order chi connectivity index (χ0) is 12.0. The summed E-state index contributed by atoms with van der Waals surface area (Å²) in [6, 6.07) is 0.0486. The fraction of sp³-hybridized carbons (Fsp3) is 0.923. The first-order valence-corrected chi connectivity index (χ1v) is 6.63. The Morgan fingerprint density at radius 3 is 2.38 bits per heavy atom. The van der Waals surface area contributed by atoms with Crippen LogP contribution < -0.4 is 5.32 Å². The number of carbonyl (C=O) groups is 1. The Kier molecular flexibility index (Phi) is 5.81.